The Hall–Kier alpha value is -4.48. The highest BCUT2D eigenvalue weighted by Crippen LogP contribution is 2.34. The van der Waals surface area contributed by atoms with Gasteiger partial charge in [-0.1, -0.05) is 26.8 Å². The third kappa shape index (κ3) is 7.41. The van der Waals surface area contributed by atoms with Crippen LogP contribution in [0.15, 0.2) is 56.8 Å². The van der Waals surface area contributed by atoms with Crippen molar-refractivity contribution in [1.29, 1.82) is 0 Å². The molecule has 5 rings (SSSR count). The molecule has 0 saturated heterocycles. The number of carboxylic acid groups (broad SMARTS) is 1. The third-order valence-electron chi connectivity index (χ3n) is 7.23. The van der Waals surface area contributed by atoms with Crippen molar-refractivity contribution in [3.63, 3.8) is 0 Å². The zero-order valence-corrected chi connectivity index (χ0v) is 27.9. The van der Waals surface area contributed by atoms with E-state index in [4.69, 9.17) is 9.90 Å². The van der Waals surface area contributed by atoms with Gasteiger partial charge in [-0.25, -0.2) is 14.0 Å². The van der Waals surface area contributed by atoms with Crippen molar-refractivity contribution in [1.82, 2.24) is 13.7 Å². The van der Waals surface area contributed by atoms with Crippen molar-refractivity contribution in [3.05, 3.63) is 88.6 Å². The number of fused-ring (bicyclic) bond motifs is 1. The second-order valence-corrected chi connectivity index (χ2v) is 13.1. The molecule has 4 aromatic rings. The average Bonchev–Trinajstić information content (AvgIpc) is 3.80. The number of hydrogen-bond acceptors (Lipinski definition) is 6. The summed E-state index contributed by atoms with van der Waals surface area (Å²) < 4.78 is 51.1. The van der Waals surface area contributed by atoms with Crippen LogP contribution < -0.4 is 27.4 Å². The number of pyridine rings is 1. The maximum atomic E-state index is 14.9. The Bertz CT molecular complexity index is 2090. The number of rotatable bonds is 5. The number of aliphatic carboxylic acids is 1. The molecule has 1 amide bonds. The molecule has 0 spiro atoms. The number of carboxylic acids is 1. The lowest BCUT2D eigenvalue weighted by atomic mass is 9.95. The maximum absolute atomic E-state index is 14.9. The van der Waals surface area contributed by atoms with Gasteiger partial charge in [-0.3, -0.25) is 28.1 Å². The number of nitrogens with one attached hydrogen (secondary N) is 2. The van der Waals surface area contributed by atoms with Gasteiger partial charge in [0.15, 0.2) is 0 Å². The van der Waals surface area contributed by atoms with Crippen LogP contribution in [-0.2, 0) is 16.6 Å². The van der Waals surface area contributed by atoms with E-state index in [0.717, 1.165) is 0 Å². The molecule has 2 aromatic heterocycles. The quantitative estimate of drug-likeness (QED) is 0.177. The number of carbonyl (C=O) groups excluding carboxylic acids is 1. The van der Waals surface area contributed by atoms with Gasteiger partial charge in [-0.15, -0.1) is 0 Å². The monoisotopic (exact) mass is 771 g/mol. The summed E-state index contributed by atoms with van der Waals surface area (Å²) in [4.78, 5) is 62.9. The summed E-state index contributed by atoms with van der Waals surface area (Å²) in [5, 5.41) is 13.0. The fraction of sp³-hybridized carbons (Fsp3) is 0.323. The first-order chi connectivity index (χ1) is 21.7. The predicted molar refractivity (Wildman–Crippen MR) is 176 cm³/mol. The first-order valence-corrected chi connectivity index (χ1v) is 15.2. The molecule has 1 aliphatic carbocycles. The number of carbonyl (C=O) groups is 2. The van der Waals surface area contributed by atoms with Crippen LogP contribution in [0.2, 0.25) is 0 Å². The molecule has 1 saturated carbocycles. The van der Waals surface area contributed by atoms with E-state index < -0.39 is 40.2 Å². The molecule has 2 aromatic carbocycles. The molecule has 0 bridgehead atoms. The Labute approximate surface area is 278 Å². The lowest BCUT2D eigenvalue weighted by Crippen LogP contribution is -2.41. The third-order valence-corrected chi connectivity index (χ3v) is 7.90. The molecule has 0 unspecified atom stereocenters. The molecule has 0 atom stereocenters. The zero-order chi connectivity index (χ0) is 35.2. The van der Waals surface area contributed by atoms with Crippen molar-refractivity contribution in [3.8, 4) is 5.69 Å². The van der Waals surface area contributed by atoms with E-state index in [1.807, 2.05) is 22.6 Å². The number of benzene rings is 2. The smallest absolute Gasteiger partial charge is 0.475 e. The second-order valence-electron chi connectivity index (χ2n) is 11.9. The molecule has 47 heavy (non-hydrogen) atoms. The molecule has 2 heterocycles. The zero-order valence-electron chi connectivity index (χ0n) is 25.8. The number of anilines is 3. The van der Waals surface area contributed by atoms with Crippen molar-refractivity contribution in [2.75, 3.05) is 10.6 Å². The van der Waals surface area contributed by atoms with Gasteiger partial charge in [0.1, 0.15) is 17.0 Å². The number of aryl methyl sites for hydroxylation is 1. The van der Waals surface area contributed by atoms with Gasteiger partial charge in [-0.05, 0) is 78.8 Å². The van der Waals surface area contributed by atoms with Gasteiger partial charge in [-0.2, -0.15) is 13.2 Å². The molecular formula is C31H30F4IN5O6. The van der Waals surface area contributed by atoms with Gasteiger partial charge in [0.05, 0.1) is 16.9 Å². The number of halogens is 5. The van der Waals surface area contributed by atoms with E-state index in [1.54, 1.807) is 58.0 Å². The minimum Gasteiger partial charge on any atom is -0.475 e. The standard InChI is InChI=1S/C29H29FIN5O4.C2HF3O2/c1-15-23-22(24(34(5)25(15)37)33-21-12-9-16(31)13-20(21)30)26(38)36(18-10-11-18)28(40)35(23)19-8-6-7-17(14-19)32-27(39)29(2,3)4;3-2(4,5)1(6)7/h6-9,12-14,18,33H,10-11H2,1-5H3,(H,32,39);(H,6,7). The van der Waals surface area contributed by atoms with Crippen LogP contribution in [0.25, 0.3) is 16.6 Å². The van der Waals surface area contributed by atoms with Crippen molar-refractivity contribution in [2.45, 2.75) is 52.8 Å². The SMILES string of the molecule is Cc1c(=O)n(C)c(Nc2ccc(I)cc2F)c2c(=O)n(C3CC3)c(=O)n(-c3cccc(NC(=O)C(C)(C)C)c3)c12.O=C(O)C(F)(F)F. The summed E-state index contributed by atoms with van der Waals surface area (Å²) in [5.41, 5.74) is -0.994. The van der Waals surface area contributed by atoms with E-state index in [2.05, 4.69) is 10.6 Å². The second kappa shape index (κ2) is 13.0. The normalized spacial score (nSPS) is 13.1. The topological polar surface area (TPSA) is 144 Å². The number of hydrogen-bond donors (Lipinski definition) is 3. The summed E-state index contributed by atoms with van der Waals surface area (Å²) in [6.07, 6.45) is -3.75. The molecular weight excluding hydrogens is 741 g/mol. The molecule has 1 fully saturated rings. The van der Waals surface area contributed by atoms with Gasteiger partial charge >= 0.3 is 17.8 Å². The summed E-state index contributed by atoms with van der Waals surface area (Å²) in [5.74, 6) is -3.43. The number of nitrogens with zero attached hydrogens (tertiary/aromatic N) is 3. The van der Waals surface area contributed by atoms with Crippen LogP contribution in [0.3, 0.4) is 0 Å². The van der Waals surface area contributed by atoms with E-state index in [-0.39, 0.29) is 39.9 Å². The van der Waals surface area contributed by atoms with Crippen molar-refractivity contribution >= 4 is 62.6 Å². The van der Waals surface area contributed by atoms with E-state index >= 15 is 0 Å². The largest absolute Gasteiger partial charge is 0.490 e. The number of alkyl halides is 3. The van der Waals surface area contributed by atoms with Crippen LogP contribution >= 0.6 is 22.6 Å². The summed E-state index contributed by atoms with van der Waals surface area (Å²) >= 11 is 2.00. The summed E-state index contributed by atoms with van der Waals surface area (Å²) in [6.45, 7) is 6.93. The predicted octanol–water partition coefficient (Wildman–Crippen LogP) is 5.60. The minimum absolute atomic E-state index is 0.0797. The highest BCUT2D eigenvalue weighted by atomic mass is 127. The van der Waals surface area contributed by atoms with Gasteiger partial charge in [0, 0.05) is 33.3 Å². The van der Waals surface area contributed by atoms with Crippen molar-refractivity contribution in [2.24, 2.45) is 12.5 Å². The Morgan fingerprint density at radius 2 is 1.62 bits per heavy atom. The fourth-order valence-electron chi connectivity index (χ4n) is 4.61. The molecule has 11 nitrogen and oxygen atoms in total. The fourth-order valence-corrected chi connectivity index (χ4v) is 5.07. The molecule has 0 radical (unpaired) electrons. The molecule has 250 valence electrons. The Morgan fingerprint density at radius 1 is 1.00 bits per heavy atom. The number of aromatic nitrogens is 3. The van der Waals surface area contributed by atoms with Crippen LogP contribution in [0.4, 0.5) is 34.8 Å². The lowest BCUT2D eigenvalue weighted by Gasteiger charge is -2.21. The average molecular weight is 772 g/mol. The molecule has 3 N–H and O–H groups in total. The Morgan fingerprint density at radius 3 is 2.15 bits per heavy atom. The van der Waals surface area contributed by atoms with Gasteiger partial charge in [0.2, 0.25) is 5.91 Å². The summed E-state index contributed by atoms with van der Waals surface area (Å²) in [7, 11) is 1.50. The van der Waals surface area contributed by atoms with Crippen molar-refractivity contribution < 1.29 is 32.3 Å². The van der Waals surface area contributed by atoms with Crippen LogP contribution in [0, 0.1) is 21.7 Å². The van der Waals surface area contributed by atoms with E-state index in [0.29, 0.717) is 27.8 Å². The first-order valence-electron chi connectivity index (χ1n) is 14.1. The van der Waals surface area contributed by atoms with Gasteiger partial charge in [0.25, 0.3) is 11.1 Å². The summed E-state index contributed by atoms with van der Waals surface area (Å²) in [6, 6.07) is 11.0. The Kier molecular flexibility index (Phi) is 9.76. The van der Waals surface area contributed by atoms with Crippen LogP contribution in [-0.4, -0.2) is 36.9 Å². The van der Waals surface area contributed by atoms with Crippen LogP contribution in [0.1, 0.15) is 45.2 Å². The number of amides is 1. The Balaban J connectivity index is 0.000000644. The molecule has 1 aliphatic rings. The van der Waals surface area contributed by atoms with E-state index in [1.165, 1.54) is 32.9 Å². The molecule has 16 heteroatoms. The highest BCUT2D eigenvalue weighted by molar-refractivity contribution is 14.1. The van der Waals surface area contributed by atoms with Crippen LogP contribution in [0.5, 0.6) is 0 Å². The minimum atomic E-state index is -5.08. The molecule has 0 aliphatic heterocycles. The highest BCUT2D eigenvalue weighted by Gasteiger charge is 2.38. The van der Waals surface area contributed by atoms with E-state index in [9.17, 15) is 36.7 Å². The lowest BCUT2D eigenvalue weighted by molar-refractivity contribution is -0.192. The first kappa shape index (κ1) is 35.4. The van der Waals surface area contributed by atoms with Gasteiger partial charge < -0.3 is 15.7 Å². The maximum Gasteiger partial charge on any atom is 0.490 e.